The second-order valence-electron chi connectivity index (χ2n) is 6.48. The Hall–Kier alpha value is -3.11. The quantitative estimate of drug-likeness (QED) is 0.554. The highest BCUT2D eigenvalue weighted by atomic mass is 35.5. The molecule has 1 heterocycles. The van der Waals surface area contributed by atoms with E-state index in [1.807, 2.05) is 0 Å². The van der Waals surface area contributed by atoms with Gasteiger partial charge in [-0.1, -0.05) is 12.1 Å². The van der Waals surface area contributed by atoms with Gasteiger partial charge in [0.1, 0.15) is 11.9 Å². The van der Waals surface area contributed by atoms with Gasteiger partial charge < -0.3 is 15.6 Å². The summed E-state index contributed by atoms with van der Waals surface area (Å²) < 4.78 is 33.1. The minimum absolute atomic E-state index is 0. The molecule has 3 N–H and O–H groups in total. The van der Waals surface area contributed by atoms with Gasteiger partial charge in [0.25, 0.3) is 0 Å². The van der Waals surface area contributed by atoms with Crippen LogP contribution in [-0.2, 0) is 11.3 Å². The molecule has 160 valence electrons. The molecule has 0 aliphatic rings. The highest BCUT2D eigenvalue weighted by molar-refractivity contribution is 5.85. The lowest BCUT2D eigenvalue weighted by molar-refractivity contribution is -0.137. The van der Waals surface area contributed by atoms with E-state index in [9.17, 15) is 13.6 Å². The first kappa shape index (κ1) is 23.2. The minimum Gasteiger partial charge on any atom is -0.483 e. The summed E-state index contributed by atoms with van der Waals surface area (Å²) in [5.74, 6) is -1.80. The van der Waals surface area contributed by atoms with Crippen molar-refractivity contribution in [3.63, 3.8) is 0 Å². The SMILES string of the molecule is CC(Oc1ccc(-c2nnn(CC(N)CC(=O)O)n2)cc1F)c1ccc(F)cc1.Cl. The summed E-state index contributed by atoms with van der Waals surface area (Å²) in [7, 11) is 0. The Bertz CT molecular complexity index is 1000. The van der Waals surface area contributed by atoms with Crippen LogP contribution in [0.3, 0.4) is 0 Å². The normalized spacial score (nSPS) is 12.7. The largest absolute Gasteiger partial charge is 0.483 e. The fraction of sp³-hybridized carbons (Fsp3) is 0.263. The number of hydrogen-bond donors (Lipinski definition) is 2. The molecule has 2 aromatic carbocycles. The molecule has 0 fully saturated rings. The van der Waals surface area contributed by atoms with Gasteiger partial charge in [0.2, 0.25) is 5.82 Å². The van der Waals surface area contributed by atoms with Crippen molar-refractivity contribution in [1.82, 2.24) is 20.2 Å². The molecule has 0 saturated carbocycles. The second-order valence-corrected chi connectivity index (χ2v) is 6.48. The summed E-state index contributed by atoms with van der Waals surface area (Å²) >= 11 is 0. The average molecular weight is 440 g/mol. The molecular formula is C19H20ClF2N5O3. The van der Waals surface area contributed by atoms with E-state index in [1.54, 1.807) is 25.1 Å². The zero-order valence-corrected chi connectivity index (χ0v) is 16.7. The Balaban J connectivity index is 0.00000320. The molecule has 2 unspecified atom stereocenters. The van der Waals surface area contributed by atoms with Gasteiger partial charge in [0, 0.05) is 11.6 Å². The van der Waals surface area contributed by atoms with Crippen molar-refractivity contribution in [2.75, 3.05) is 0 Å². The van der Waals surface area contributed by atoms with Crippen molar-refractivity contribution in [1.29, 1.82) is 0 Å². The van der Waals surface area contributed by atoms with Gasteiger partial charge in [-0.3, -0.25) is 4.79 Å². The summed E-state index contributed by atoms with van der Waals surface area (Å²) in [6.07, 6.45) is -0.713. The van der Waals surface area contributed by atoms with E-state index in [1.165, 1.54) is 29.1 Å². The van der Waals surface area contributed by atoms with E-state index in [2.05, 4.69) is 15.4 Å². The summed E-state index contributed by atoms with van der Waals surface area (Å²) in [6.45, 7) is 1.80. The molecule has 1 aromatic heterocycles. The van der Waals surface area contributed by atoms with Crippen molar-refractivity contribution in [3.8, 4) is 17.1 Å². The van der Waals surface area contributed by atoms with Crippen LogP contribution in [0.1, 0.15) is 25.0 Å². The van der Waals surface area contributed by atoms with Crippen molar-refractivity contribution in [2.45, 2.75) is 32.0 Å². The van der Waals surface area contributed by atoms with E-state index in [-0.39, 0.29) is 42.8 Å². The van der Waals surface area contributed by atoms with Crippen LogP contribution in [0, 0.1) is 11.6 Å². The van der Waals surface area contributed by atoms with Gasteiger partial charge >= 0.3 is 5.97 Å². The summed E-state index contributed by atoms with van der Waals surface area (Å²) in [5.41, 5.74) is 6.78. The van der Waals surface area contributed by atoms with Crippen LogP contribution in [0.5, 0.6) is 5.75 Å². The Morgan fingerprint density at radius 1 is 1.23 bits per heavy atom. The zero-order chi connectivity index (χ0) is 21.0. The van der Waals surface area contributed by atoms with Gasteiger partial charge in [-0.2, -0.15) is 4.80 Å². The molecule has 0 bridgehead atoms. The molecule has 0 saturated heterocycles. The monoisotopic (exact) mass is 439 g/mol. The number of carboxylic acids is 1. The molecule has 8 nitrogen and oxygen atoms in total. The van der Waals surface area contributed by atoms with Crippen LogP contribution in [-0.4, -0.2) is 37.3 Å². The lowest BCUT2D eigenvalue weighted by Crippen LogP contribution is -2.30. The van der Waals surface area contributed by atoms with Crippen LogP contribution in [0.15, 0.2) is 42.5 Å². The molecule has 3 aromatic rings. The van der Waals surface area contributed by atoms with Gasteiger partial charge in [0.05, 0.1) is 13.0 Å². The number of rotatable bonds is 8. The smallest absolute Gasteiger partial charge is 0.304 e. The van der Waals surface area contributed by atoms with Crippen LogP contribution in [0.4, 0.5) is 8.78 Å². The maximum absolute atomic E-state index is 14.5. The van der Waals surface area contributed by atoms with Crippen LogP contribution < -0.4 is 10.5 Å². The van der Waals surface area contributed by atoms with Crippen LogP contribution in [0.2, 0.25) is 0 Å². The fourth-order valence-electron chi connectivity index (χ4n) is 2.66. The first-order valence-corrected chi connectivity index (χ1v) is 8.79. The third-order valence-corrected chi connectivity index (χ3v) is 4.12. The number of aliphatic carboxylic acids is 1. The van der Waals surface area contributed by atoms with Crippen molar-refractivity contribution in [3.05, 3.63) is 59.7 Å². The van der Waals surface area contributed by atoms with Crippen molar-refractivity contribution < 1.29 is 23.4 Å². The Kier molecular flexibility index (Phi) is 7.79. The molecule has 0 amide bonds. The van der Waals surface area contributed by atoms with E-state index in [0.29, 0.717) is 11.1 Å². The first-order chi connectivity index (χ1) is 13.8. The Morgan fingerprint density at radius 3 is 2.57 bits per heavy atom. The van der Waals surface area contributed by atoms with Gasteiger partial charge in [-0.25, -0.2) is 8.78 Å². The number of tetrazole rings is 1. The first-order valence-electron chi connectivity index (χ1n) is 8.79. The van der Waals surface area contributed by atoms with Gasteiger partial charge in [-0.05, 0) is 48.0 Å². The number of carboxylic acid groups (broad SMARTS) is 1. The highest BCUT2D eigenvalue weighted by Gasteiger charge is 2.15. The van der Waals surface area contributed by atoms with Crippen molar-refractivity contribution in [2.24, 2.45) is 5.73 Å². The third kappa shape index (κ3) is 5.94. The number of ether oxygens (including phenoxy) is 1. The second kappa shape index (κ2) is 10.1. The van der Waals surface area contributed by atoms with E-state index in [0.717, 1.165) is 0 Å². The third-order valence-electron chi connectivity index (χ3n) is 4.12. The summed E-state index contributed by atoms with van der Waals surface area (Å²) in [5, 5.41) is 20.5. The number of benzene rings is 2. The number of aromatic nitrogens is 4. The lowest BCUT2D eigenvalue weighted by atomic mass is 10.1. The molecular weight excluding hydrogens is 420 g/mol. The molecule has 3 rings (SSSR count). The Morgan fingerprint density at radius 2 is 1.93 bits per heavy atom. The molecule has 0 radical (unpaired) electrons. The van der Waals surface area contributed by atoms with E-state index >= 15 is 0 Å². The highest BCUT2D eigenvalue weighted by Crippen LogP contribution is 2.27. The number of halogens is 3. The molecule has 2 atom stereocenters. The average Bonchev–Trinajstić information content (AvgIpc) is 3.11. The lowest BCUT2D eigenvalue weighted by Gasteiger charge is -2.15. The van der Waals surface area contributed by atoms with E-state index < -0.39 is 23.9 Å². The summed E-state index contributed by atoms with van der Waals surface area (Å²) in [6, 6.07) is 9.33. The van der Waals surface area contributed by atoms with E-state index in [4.69, 9.17) is 15.6 Å². The van der Waals surface area contributed by atoms with Gasteiger partial charge in [-0.15, -0.1) is 22.6 Å². The zero-order valence-electron chi connectivity index (χ0n) is 15.9. The van der Waals surface area contributed by atoms with Crippen molar-refractivity contribution >= 4 is 18.4 Å². The predicted octanol–water partition coefficient (Wildman–Crippen LogP) is 2.98. The molecule has 0 spiro atoms. The Labute approximate surface area is 177 Å². The molecule has 0 aliphatic heterocycles. The number of carbonyl (C=O) groups is 1. The maximum Gasteiger partial charge on any atom is 0.304 e. The molecule has 30 heavy (non-hydrogen) atoms. The van der Waals surface area contributed by atoms with Crippen LogP contribution in [0.25, 0.3) is 11.4 Å². The fourth-order valence-corrected chi connectivity index (χ4v) is 2.66. The van der Waals surface area contributed by atoms with Crippen LogP contribution >= 0.6 is 12.4 Å². The molecule has 11 heteroatoms. The maximum atomic E-state index is 14.5. The standard InChI is InChI=1S/C19H19F2N5O3.ClH/c1-11(12-2-5-14(20)6-3-12)29-17-7-4-13(8-16(17)21)19-23-25-26(24-19)10-15(22)9-18(27)28;/h2-8,11,15H,9-10,22H2,1H3,(H,27,28);1H. The summed E-state index contributed by atoms with van der Waals surface area (Å²) in [4.78, 5) is 11.8. The van der Waals surface area contributed by atoms with Gasteiger partial charge in [0.15, 0.2) is 11.6 Å². The topological polar surface area (TPSA) is 116 Å². The number of nitrogens with two attached hydrogens (primary N) is 1. The minimum atomic E-state index is -1.02. The predicted molar refractivity (Wildman–Crippen MR) is 106 cm³/mol. The number of nitrogens with zero attached hydrogens (tertiary/aromatic N) is 4. The molecule has 0 aliphatic carbocycles. The number of hydrogen-bond acceptors (Lipinski definition) is 6.